The van der Waals surface area contributed by atoms with Crippen LogP contribution in [0.4, 0.5) is 0 Å². The Balaban J connectivity index is 1.72. The second-order valence-electron chi connectivity index (χ2n) is 7.99. The molecule has 0 aromatic rings. The van der Waals surface area contributed by atoms with Gasteiger partial charge in [0.15, 0.2) is 0 Å². The van der Waals surface area contributed by atoms with E-state index in [-0.39, 0.29) is 16.6 Å². The Morgan fingerprint density at radius 3 is 2.25 bits per heavy atom. The first-order valence-electron chi connectivity index (χ1n) is 9.20. The zero-order valence-corrected chi connectivity index (χ0v) is 16.5. The molecule has 2 saturated heterocycles. The van der Waals surface area contributed by atoms with Crippen LogP contribution in [0.3, 0.4) is 0 Å². The Bertz CT molecular complexity index is 442. The summed E-state index contributed by atoms with van der Waals surface area (Å²) in [5, 5.41) is 0. The van der Waals surface area contributed by atoms with Gasteiger partial charge in [-0.25, -0.2) is 0 Å². The molecule has 24 heavy (non-hydrogen) atoms. The van der Waals surface area contributed by atoms with Gasteiger partial charge in [-0.05, 0) is 26.2 Å². The van der Waals surface area contributed by atoms with Gasteiger partial charge in [-0.15, -0.1) is 11.8 Å². The summed E-state index contributed by atoms with van der Waals surface area (Å²) in [6.07, 6.45) is 3.49. The lowest BCUT2D eigenvalue weighted by Gasteiger charge is -2.38. The van der Waals surface area contributed by atoms with Gasteiger partial charge in [-0.3, -0.25) is 14.5 Å². The van der Waals surface area contributed by atoms with E-state index < -0.39 is 0 Å². The van der Waals surface area contributed by atoms with Crippen LogP contribution in [0.15, 0.2) is 0 Å². The molecule has 0 N–H and O–H groups in total. The molecule has 2 amide bonds. The summed E-state index contributed by atoms with van der Waals surface area (Å²) in [7, 11) is 0. The Kier molecular flexibility index (Phi) is 6.99. The van der Waals surface area contributed by atoms with Crippen LogP contribution in [-0.2, 0) is 9.59 Å². The van der Waals surface area contributed by atoms with Crippen molar-refractivity contribution < 1.29 is 9.59 Å². The van der Waals surface area contributed by atoms with Gasteiger partial charge in [-0.1, -0.05) is 20.8 Å². The summed E-state index contributed by atoms with van der Waals surface area (Å²) >= 11 is 1.70. The van der Waals surface area contributed by atoms with Crippen LogP contribution in [0.5, 0.6) is 0 Å². The Morgan fingerprint density at radius 1 is 1.00 bits per heavy atom. The number of carbonyl (C=O) groups excluding carboxylic acids is 2. The smallest absolute Gasteiger partial charge is 0.236 e. The van der Waals surface area contributed by atoms with E-state index >= 15 is 0 Å². The molecule has 2 aliphatic rings. The second kappa shape index (κ2) is 8.56. The lowest BCUT2D eigenvalue weighted by Crippen LogP contribution is -2.53. The third-order valence-corrected chi connectivity index (χ3v) is 6.09. The highest BCUT2D eigenvalue weighted by atomic mass is 32.2. The Labute approximate surface area is 151 Å². The predicted octanol–water partition coefficient (Wildman–Crippen LogP) is 2.06. The number of piperidine rings is 1. The summed E-state index contributed by atoms with van der Waals surface area (Å²) in [4.78, 5) is 31.0. The number of thioether (sulfide) groups is 1. The molecule has 0 aromatic carbocycles. The second-order valence-corrected chi connectivity index (χ2v) is 9.79. The van der Waals surface area contributed by atoms with Gasteiger partial charge in [0, 0.05) is 43.5 Å². The minimum absolute atomic E-state index is 0.120. The summed E-state index contributed by atoms with van der Waals surface area (Å²) in [6.45, 7) is 13.1. The van der Waals surface area contributed by atoms with Crippen LogP contribution in [-0.4, -0.2) is 82.3 Å². The molecule has 1 atom stereocenters. The molecule has 0 radical (unpaired) electrons. The number of piperazine rings is 1. The van der Waals surface area contributed by atoms with E-state index in [1.54, 1.807) is 11.8 Å². The van der Waals surface area contributed by atoms with Crippen molar-refractivity contribution in [3.05, 3.63) is 0 Å². The topological polar surface area (TPSA) is 43.9 Å². The van der Waals surface area contributed by atoms with Gasteiger partial charge >= 0.3 is 0 Å². The molecule has 1 unspecified atom stereocenters. The fourth-order valence-corrected chi connectivity index (χ4v) is 4.01. The summed E-state index contributed by atoms with van der Waals surface area (Å²) in [6, 6.07) is 0.378. The van der Waals surface area contributed by atoms with Crippen LogP contribution in [0.25, 0.3) is 0 Å². The molecular weight excluding hydrogens is 322 g/mol. The maximum atomic E-state index is 12.5. The summed E-state index contributed by atoms with van der Waals surface area (Å²) in [5.74, 6) is 1.03. The van der Waals surface area contributed by atoms with Gasteiger partial charge in [0.25, 0.3) is 0 Å². The zero-order chi connectivity index (χ0) is 17.7. The number of hydrogen-bond acceptors (Lipinski definition) is 4. The third-order valence-electron chi connectivity index (χ3n) is 4.84. The van der Waals surface area contributed by atoms with Gasteiger partial charge < -0.3 is 9.80 Å². The van der Waals surface area contributed by atoms with Crippen molar-refractivity contribution in [2.45, 2.75) is 57.7 Å². The molecule has 2 aliphatic heterocycles. The normalized spacial score (nSPS) is 23.4. The number of carbonyl (C=O) groups is 2. The number of nitrogens with zero attached hydrogens (tertiary/aromatic N) is 3. The van der Waals surface area contributed by atoms with Crippen molar-refractivity contribution in [1.29, 1.82) is 0 Å². The molecule has 2 heterocycles. The average Bonchev–Trinajstić information content (AvgIpc) is 2.53. The van der Waals surface area contributed by atoms with E-state index in [1.807, 2.05) is 9.80 Å². The van der Waals surface area contributed by atoms with Crippen LogP contribution < -0.4 is 0 Å². The predicted molar refractivity (Wildman–Crippen MR) is 100 cm³/mol. The van der Waals surface area contributed by atoms with Gasteiger partial charge in [-0.2, -0.15) is 0 Å². The number of rotatable bonds is 4. The lowest BCUT2D eigenvalue weighted by atomic mass is 10.0. The fraction of sp³-hybridized carbons (Fsp3) is 0.889. The molecule has 6 heteroatoms. The highest BCUT2D eigenvalue weighted by Gasteiger charge is 2.27. The quantitative estimate of drug-likeness (QED) is 0.774. The number of amides is 2. The van der Waals surface area contributed by atoms with E-state index in [0.29, 0.717) is 18.3 Å². The fourth-order valence-electron chi connectivity index (χ4n) is 3.28. The molecule has 2 fully saturated rings. The molecule has 0 bridgehead atoms. The van der Waals surface area contributed by atoms with Crippen LogP contribution in [0.1, 0.15) is 47.0 Å². The van der Waals surface area contributed by atoms with Crippen molar-refractivity contribution >= 4 is 23.6 Å². The van der Waals surface area contributed by atoms with Crippen LogP contribution >= 0.6 is 11.8 Å². The standard InChI is InChI=1S/C18H33N3O2S/c1-15-7-5-6-8-21(15)16(22)13-19-9-11-20(12-10-19)17(23)14-24-18(2,3)4/h15H,5-14H2,1-4H3. The monoisotopic (exact) mass is 355 g/mol. The van der Waals surface area contributed by atoms with Crippen molar-refractivity contribution in [2.24, 2.45) is 0 Å². The molecule has 5 nitrogen and oxygen atoms in total. The first-order chi connectivity index (χ1) is 11.3. The minimum atomic E-state index is 0.120. The van der Waals surface area contributed by atoms with Crippen molar-refractivity contribution in [2.75, 3.05) is 45.0 Å². The largest absolute Gasteiger partial charge is 0.339 e. The van der Waals surface area contributed by atoms with E-state index in [0.717, 1.165) is 45.6 Å². The van der Waals surface area contributed by atoms with Gasteiger partial charge in [0.05, 0.1) is 12.3 Å². The van der Waals surface area contributed by atoms with Crippen molar-refractivity contribution in [3.8, 4) is 0 Å². The van der Waals surface area contributed by atoms with Crippen molar-refractivity contribution in [1.82, 2.24) is 14.7 Å². The molecule has 0 saturated carbocycles. The SMILES string of the molecule is CC1CCCCN1C(=O)CN1CCN(C(=O)CSC(C)(C)C)CC1. The first kappa shape index (κ1) is 19.6. The molecule has 2 rings (SSSR count). The maximum Gasteiger partial charge on any atom is 0.236 e. The van der Waals surface area contributed by atoms with E-state index in [4.69, 9.17) is 0 Å². The molecule has 0 spiro atoms. The molecular formula is C18H33N3O2S. The van der Waals surface area contributed by atoms with Gasteiger partial charge in [0.1, 0.15) is 0 Å². The lowest BCUT2D eigenvalue weighted by molar-refractivity contribution is -0.136. The van der Waals surface area contributed by atoms with Crippen LogP contribution in [0.2, 0.25) is 0 Å². The molecule has 0 aliphatic carbocycles. The Hall–Kier alpha value is -0.750. The van der Waals surface area contributed by atoms with Gasteiger partial charge in [0.2, 0.25) is 11.8 Å². The molecule has 0 aromatic heterocycles. The highest BCUT2D eigenvalue weighted by molar-refractivity contribution is 8.01. The summed E-state index contributed by atoms with van der Waals surface area (Å²) in [5.41, 5.74) is 0. The van der Waals surface area contributed by atoms with Crippen molar-refractivity contribution in [3.63, 3.8) is 0 Å². The molecule has 138 valence electrons. The highest BCUT2D eigenvalue weighted by Crippen LogP contribution is 2.23. The number of likely N-dealkylation sites (tertiary alicyclic amines) is 1. The van der Waals surface area contributed by atoms with E-state index in [1.165, 1.54) is 6.42 Å². The third kappa shape index (κ3) is 5.96. The zero-order valence-electron chi connectivity index (χ0n) is 15.7. The minimum Gasteiger partial charge on any atom is -0.339 e. The maximum absolute atomic E-state index is 12.5. The number of hydrogen-bond donors (Lipinski definition) is 0. The summed E-state index contributed by atoms with van der Waals surface area (Å²) < 4.78 is 0.120. The first-order valence-corrected chi connectivity index (χ1v) is 10.2. The Morgan fingerprint density at radius 2 is 1.67 bits per heavy atom. The van der Waals surface area contributed by atoms with E-state index in [9.17, 15) is 9.59 Å². The van der Waals surface area contributed by atoms with E-state index in [2.05, 4.69) is 32.6 Å². The van der Waals surface area contributed by atoms with Crippen LogP contribution in [0, 0.1) is 0 Å². The average molecular weight is 356 g/mol.